The molecule has 2 N–H and O–H groups in total. The first-order chi connectivity index (χ1) is 12.4. The van der Waals surface area contributed by atoms with Gasteiger partial charge >= 0.3 is 6.03 Å². The van der Waals surface area contributed by atoms with Crippen LogP contribution in [0.2, 0.25) is 0 Å². The largest absolute Gasteiger partial charge is 0.494 e. The SMILES string of the molecule is CCOc1ccc2nc(NC(=O)NS(=O)(=O)c3ccccc3F)sc2c1. The molecule has 0 bridgehead atoms. The van der Waals surface area contributed by atoms with Gasteiger partial charge in [-0.2, -0.15) is 0 Å². The predicted molar refractivity (Wildman–Crippen MR) is 96.5 cm³/mol. The minimum Gasteiger partial charge on any atom is -0.494 e. The summed E-state index contributed by atoms with van der Waals surface area (Å²) >= 11 is 1.16. The van der Waals surface area contributed by atoms with Crippen LogP contribution in [0.15, 0.2) is 47.4 Å². The van der Waals surface area contributed by atoms with Gasteiger partial charge < -0.3 is 4.74 Å². The second-order valence-corrected chi connectivity index (χ2v) is 7.75. The molecular weight excluding hydrogens is 381 g/mol. The number of carbonyl (C=O) groups excluding carboxylic acids is 1. The summed E-state index contributed by atoms with van der Waals surface area (Å²) in [5, 5.41) is 2.55. The average Bonchev–Trinajstić information content (AvgIpc) is 2.96. The van der Waals surface area contributed by atoms with Crippen LogP contribution in [-0.4, -0.2) is 26.0 Å². The Hall–Kier alpha value is -2.72. The van der Waals surface area contributed by atoms with Gasteiger partial charge in [-0.25, -0.2) is 27.3 Å². The number of sulfonamides is 1. The van der Waals surface area contributed by atoms with Crippen molar-refractivity contribution in [2.24, 2.45) is 0 Å². The lowest BCUT2D eigenvalue weighted by molar-refractivity contribution is 0.256. The van der Waals surface area contributed by atoms with E-state index >= 15 is 0 Å². The number of nitrogens with one attached hydrogen (secondary N) is 2. The number of anilines is 1. The fourth-order valence-electron chi connectivity index (χ4n) is 2.18. The lowest BCUT2D eigenvalue weighted by atomic mass is 10.3. The number of amides is 2. The Balaban J connectivity index is 1.75. The molecule has 0 atom stereocenters. The maximum absolute atomic E-state index is 13.6. The number of fused-ring (bicyclic) bond motifs is 1. The Morgan fingerprint density at radius 3 is 2.77 bits per heavy atom. The van der Waals surface area contributed by atoms with Crippen molar-refractivity contribution in [1.29, 1.82) is 0 Å². The number of nitrogens with zero attached hydrogens (tertiary/aromatic N) is 1. The summed E-state index contributed by atoms with van der Waals surface area (Å²) in [6, 6.07) is 9.00. The summed E-state index contributed by atoms with van der Waals surface area (Å²) in [5.74, 6) is -0.280. The van der Waals surface area contributed by atoms with E-state index < -0.39 is 26.8 Å². The van der Waals surface area contributed by atoms with Crippen LogP contribution in [0.4, 0.5) is 14.3 Å². The third kappa shape index (κ3) is 3.92. The summed E-state index contributed by atoms with van der Waals surface area (Å²) in [5.41, 5.74) is 0.630. The van der Waals surface area contributed by atoms with Gasteiger partial charge in [0.05, 0.1) is 16.8 Å². The molecule has 1 heterocycles. The smallest absolute Gasteiger partial charge is 0.334 e. The van der Waals surface area contributed by atoms with Crippen LogP contribution in [-0.2, 0) is 10.0 Å². The van der Waals surface area contributed by atoms with E-state index in [1.807, 2.05) is 6.92 Å². The standard InChI is InChI=1S/C16H14FN3O4S2/c1-2-24-10-7-8-12-13(9-10)25-16(18-12)19-15(21)20-26(22,23)14-6-4-3-5-11(14)17/h3-9H,2H2,1H3,(H2,18,19,20,21). The Kier molecular flexibility index (Phi) is 5.05. The summed E-state index contributed by atoms with van der Waals surface area (Å²) in [7, 11) is -4.33. The van der Waals surface area contributed by atoms with E-state index in [4.69, 9.17) is 4.74 Å². The van der Waals surface area contributed by atoms with Gasteiger partial charge in [0.2, 0.25) is 0 Å². The summed E-state index contributed by atoms with van der Waals surface area (Å²) in [6.45, 7) is 2.38. The highest BCUT2D eigenvalue weighted by Gasteiger charge is 2.21. The molecule has 3 aromatic rings. The first-order valence-electron chi connectivity index (χ1n) is 7.51. The second kappa shape index (κ2) is 7.26. The number of urea groups is 1. The molecule has 0 aliphatic rings. The fourth-order valence-corrected chi connectivity index (χ4v) is 4.05. The number of halogens is 1. The zero-order valence-corrected chi connectivity index (χ0v) is 15.2. The third-order valence-corrected chi connectivity index (χ3v) is 5.54. The zero-order chi connectivity index (χ0) is 18.7. The number of carbonyl (C=O) groups is 1. The van der Waals surface area contributed by atoms with Crippen LogP contribution >= 0.6 is 11.3 Å². The molecule has 0 aliphatic carbocycles. The van der Waals surface area contributed by atoms with Crippen LogP contribution in [0.1, 0.15) is 6.92 Å². The highest BCUT2D eigenvalue weighted by Crippen LogP contribution is 2.29. The molecule has 3 rings (SSSR count). The Bertz CT molecular complexity index is 1070. The molecule has 0 saturated heterocycles. The molecule has 0 spiro atoms. The van der Waals surface area contributed by atoms with Gasteiger partial charge in [-0.05, 0) is 37.3 Å². The van der Waals surface area contributed by atoms with Crippen molar-refractivity contribution in [3.63, 3.8) is 0 Å². The maximum atomic E-state index is 13.6. The summed E-state index contributed by atoms with van der Waals surface area (Å²) in [4.78, 5) is 15.6. The average molecular weight is 395 g/mol. The van der Waals surface area contributed by atoms with Gasteiger partial charge in [0, 0.05) is 0 Å². The van der Waals surface area contributed by atoms with Crippen LogP contribution in [0.5, 0.6) is 5.75 Å². The van der Waals surface area contributed by atoms with Gasteiger partial charge in [0.15, 0.2) is 5.13 Å². The number of benzene rings is 2. The van der Waals surface area contributed by atoms with Crippen LogP contribution in [0.3, 0.4) is 0 Å². The fraction of sp³-hybridized carbons (Fsp3) is 0.125. The quantitative estimate of drug-likeness (QED) is 0.691. The minimum absolute atomic E-state index is 0.204. The van der Waals surface area contributed by atoms with E-state index in [1.165, 1.54) is 12.1 Å². The first-order valence-corrected chi connectivity index (χ1v) is 9.81. The van der Waals surface area contributed by atoms with Crippen molar-refractivity contribution in [3.8, 4) is 5.75 Å². The Morgan fingerprint density at radius 1 is 1.27 bits per heavy atom. The van der Waals surface area contributed by atoms with Crippen molar-refractivity contribution in [1.82, 2.24) is 9.71 Å². The van der Waals surface area contributed by atoms with Crippen LogP contribution < -0.4 is 14.8 Å². The van der Waals surface area contributed by atoms with E-state index in [2.05, 4.69) is 10.3 Å². The molecule has 0 fully saturated rings. The summed E-state index contributed by atoms with van der Waals surface area (Å²) < 4.78 is 45.7. The molecule has 26 heavy (non-hydrogen) atoms. The van der Waals surface area contributed by atoms with E-state index in [9.17, 15) is 17.6 Å². The number of thiazole rings is 1. The van der Waals surface area contributed by atoms with E-state index in [1.54, 1.807) is 22.9 Å². The number of rotatable bonds is 5. The lowest BCUT2D eigenvalue weighted by Crippen LogP contribution is -2.34. The van der Waals surface area contributed by atoms with Crippen LogP contribution in [0, 0.1) is 5.82 Å². The third-order valence-electron chi connectivity index (χ3n) is 3.24. The first kappa shape index (κ1) is 18.1. The molecule has 0 unspecified atom stereocenters. The van der Waals surface area contributed by atoms with E-state index in [0.29, 0.717) is 17.9 Å². The monoisotopic (exact) mass is 395 g/mol. The highest BCUT2D eigenvalue weighted by atomic mass is 32.2. The normalized spacial score (nSPS) is 11.3. The molecule has 2 aromatic carbocycles. The van der Waals surface area contributed by atoms with E-state index in [0.717, 1.165) is 28.2 Å². The minimum atomic E-state index is -4.33. The maximum Gasteiger partial charge on any atom is 0.334 e. The molecule has 7 nitrogen and oxygen atoms in total. The lowest BCUT2D eigenvalue weighted by Gasteiger charge is -2.07. The topological polar surface area (TPSA) is 97.4 Å². The molecule has 2 amide bonds. The molecular formula is C16H14FN3O4S2. The van der Waals surface area contributed by atoms with Crippen molar-refractivity contribution in [2.75, 3.05) is 11.9 Å². The number of aromatic nitrogens is 1. The van der Waals surface area contributed by atoms with Gasteiger partial charge in [0.25, 0.3) is 10.0 Å². The number of hydrogen-bond donors (Lipinski definition) is 2. The molecule has 0 saturated carbocycles. The Morgan fingerprint density at radius 2 is 2.04 bits per heavy atom. The molecule has 0 radical (unpaired) electrons. The predicted octanol–water partition coefficient (Wildman–Crippen LogP) is 3.34. The van der Waals surface area contributed by atoms with Gasteiger partial charge in [0.1, 0.15) is 16.5 Å². The number of ether oxygens (including phenoxy) is 1. The molecule has 10 heteroatoms. The van der Waals surface area contributed by atoms with Crippen molar-refractivity contribution < 1.29 is 22.3 Å². The van der Waals surface area contributed by atoms with Crippen molar-refractivity contribution in [2.45, 2.75) is 11.8 Å². The summed E-state index contributed by atoms with van der Waals surface area (Å²) in [6.07, 6.45) is 0. The molecule has 136 valence electrons. The number of hydrogen-bond acceptors (Lipinski definition) is 6. The van der Waals surface area contributed by atoms with Crippen molar-refractivity contribution in [3.05, 3.63) is 48.3 Å². The van der Waals surface area contributed by atoms with Gasteiger partial charge in [-0.15, -0.1) is 0 Å². The van der Waals surface area contributed by atoms with Gasteiger partial charge in [-0.1, -0.05) is 23.5 Å². The molecule has 1 aromatic heterocycles. The highest BCUT2D eigenvalue weighted by molar-refractivity contribution is 7.90. The van der Waals surface area contributed by atoms with Crippen molar-refractivity contribution >= 4 is 42.7 Å². The van der Waals surface area contributed by atoms with Gasteiger partial charge in [-0.3, -0.25) is 5.32 Å². The molecule has 0 aliphatic heterocycles. The van der Waals surface area contributed by atoms with Crippen LogP contribution in [0.25, 0.3) is 10.2 Å². The second-order valence-electron chi connectivity index (χ2n) is 5.07. The Labute approximate surface area is 152 Å². The van der Waals surface area contributed by atoms with E-state index in [-0.39, 0.29) is 5.13 Å². The zero-order valence-electron chi connectivity index (χ0n) is 13.5.